The fourth-order valence-electron chi connectivity index (χ4n) is 2.29. The molecule has 1 amide bonds. The molecule has 0 heterocycles. The van der Waals surface area contributed by atoms with Crippen LogP contribution in [0.2, 0.25) is 10.0 Å². The van der Waals surface area contributed by atoms with Crippen LogP contribution in [0.15, 0.2) is 41.5 Å². The van der Waals surface area contributed by atoms with E-state index in [1.165, 1.54) is 37.4 Å². The normalized spacial score (nSPS) is 10.6. The minimum atomic E-state index is -0.943. The van der Waals surface area contributed by atoms with Gasteiger partial charge in [-0.1, -0.05) is 23.2 Å². The SMILES string of the molecule is CCOC(=O)/C(C#N)=N/Nc1cc(C(=O)Nc2cc(Cl)ccc2Cl)ccc1C(=O)OC. The van der Waals surface area contributed by atoms with E-state index < -0.39 is 23.6 Å². The molecule has 2 aromatic carbocycles. The van der Waals surface area contributed by atoms with Crippen LogP contribution in [0.4, 0.5) is 11.4 Å². The molecule has 0 saturated carbocycles. The number of benzene rings is 2. The summed E-state index contributed by atoms with van der Waals surface area (Å²) in [6.07, 6.45) is 0. The Kier molecular flexibility index (Phi) is 8.37. The molecule has 0 fully saturated rings. The van der Waals surface area contributed by atoms with Gasteiger partial charge in [-0.05, 0) is 43.3 Å². The number of ether oxygens (including phenoxy) is 2. The summed E-state index contributed by atoms with van der Waals surface area (Å²) in [5, 5.41) is 16.0. The van der Waals surface area contributed by atoms with Gasteiger partial charge < -0.3 is 14.8 Å². The van der Waals surface area contributed by atoms with Crippen LogP contribution in [-0.2, 0) is 14.3 Å². The van der Waals surface area contributed by atoms with Gasteiger partial charge in [0.25, 0.3) is 5.91 Å². The van der Waals surface area contributed by atoms with Crippen molar-refractivity contribution in [3.8, 4) is 6.07 Å². The van der Waals surface area contributed by atoms with Gasteiger partial charge in [-0.2, -0.15) is 10.4 Å². The average Bonchev–Trinajstić information content (AvgIpc) is 2.76. The number of hydrogen-bond donors (Lipinski definition) is 2. The van der Waals surface area contributed by atoms with Crippen molar-refractivity contribution in [3.05, 3.63) is 57.6 Å². The Morgan fingerprint density at radius 1 is 1.13 bits per heavy atom. The van der Waals surface area contributed by atoms with E-state index in [9.17, 15) is 14.4 Å². The number of hydrogen-bond acceptors (Lipinski definition) is 8. The van der Waals surface area contributed by atoms with Gasteiger partial charge in [0.2, 0.25) is 5.71 Å². The zero-order chi connectivity index (χ0) is 23.0. The van der Waals surface area contributed by atoms with Crippen LogP contribution in [-0.4, -0.2) is 37.3 Å². The molecule has 2 aromatic rings. The molecule has 0 aliphatic heterocycles. The van der Waals surface area contributed by atoms with Gasteiger partial charge in [-0.25, -0.2) is 9.59 Å². The molecule has 0 aliphatic carbocycles. The highest BCUT2D eigenvalue weighted by atomic mass is 35.5. The predicted octanol–water partition coefficient (Wildman–Crippen LogP) is 3.89. The van der Waals surface area contributed by atoms with E-state index in [-0.39, 0.29) is 34.1 Å². The number of carbonyl (C=O) groups is 3. The van der Waals surface area contributed by atoms with Crippen molar-refractivity contribution >= 4 is 58.1 Å². The number of rotatable bonds is 7. The van der Waals surface area contributed by atoms with Crippen molar-refractivity contribution < 1.29 is 23.9 Å². The third kappa shape index (κ3) is 6.18. The number of hydrazone groups is 1. The van der Waals surface area contributed by atoms with Crippen LogP contribution >= 0.6 is 23.2 Å². The standard InChI is InChI=1S/C20H16Cl2N4O5/c1-3-31-20(29)17(10-23)26-25-15-8-11(4-6-13(15)19(28)30-2)18(27)24-16-9-12(21)5-7-14(16)22/h4-9,25H,3H2,1-2H3,(H,24,27)/b26-17+. The summed E-state index contributed by atoms with van der Waals surface area (Å²) < 4.78 is 9.42. The number of nitrogens with zero attached hydrogens (tertiary/aromatic N) is 2. The summed E-state index contributed by atoms with van der Waals surface area (Å²) in [7, 11) is 1.18. The first-order valence-electron chi connectivity index (χ1n) is 8.70. The second-order valence-electron chi connectivity index (χ2n) is 5.73. The third-order valence-electron chi connectivity index (χ3n) is 3.73. The van der Waals surface area contributed by atoms with Crippen molar-refractivity contribution in [2.75, 3.05) is 24.5 Å². The number of halogens is 2. The van der Waals surface area contributed by atoms with Gasteiger partial charge in [-0.15, -0.1) is 0 Å². The fraction of sp³-hybridized carbons (Fsp3) is 0.150. The van der Waals surface area contributed by atoms with Gasteiger partial charge in [0, 0.05) is 10.6 Å². The lowest BCUT2D eigenvalue weighted by Crippen LogP contribution is -2.18. The first-order valence-corrected chi connectivity index (χ1v) is 9.46. The van der Waals surface area contributed by atoms with E-state index in [0.29, 0.717) is 5.02 Å². The minimum Gasteiger partial charge on any atom is -0.465 e. The molecule has 160 valence electrons. The van der Waals surface area contributed by atoms with Crippen LogP contribution in [0.5, 0.6) is 0 Å². The monoisotopic (exact) mass is 462 g/mol. The molecule has 0 bridgehead atoms. The maximum absolute atomic E-state index is 12.6. The number of carbonyl (C=O) groups excluding carboxylic acids is 3. The quantitative estimate of drug-likeness (QED) is 0.362. The summed E-state index contributed by atoms with van der Waals surface area (Å²) in [5.74, 6) is -2.22. The molecule has 2 N–H and O–H groups in total. The molecule has 0 aliphatic rings. The van der Waals surface area contributed by atoms with E-state index in [0.717, 1.165) is 0 Å². The number of esters is 2. The highest BCUT2D eigenvalue weighted by Gasteiger charge is 2.18. The van der Waals surface area contributed by atoms with Gasteiger partial charge >= 0.3 is 11.9 Å². The van der Waals surface area contributed by atoms with E-state index in [1.807, 2.05) is 0 Å². The van der Waals surface area contributed by atoms with Gasteiger partial charge in [0.15, 0.2) is 0 Å². The molecule has 0 spiro atoms. The lowest BCUT2D eigenvalue weighted by Gasteiger charge is -2.11. The van der Waals surface area contributed by atoms with Crippen LogP contribution in [0.1, 0.15) is 27.6 Å². The topological polar surface area (TPSA) is 130 Å². The minimum absolute atomic E-state index is 0.0183. The number of methoxy groups -OCH3 is 1. The van der Waals surface area contributed by atoms with Gasteiger partial charge in [-0.3, -0.25) is 10.2 Å². The Hall–Kier alpha value is -3.61. The molecule has 0 aromatic heterocycles. The summed E-state index contributed by atoms with van der Waals surface area (Å²) >= 11 is 12.0. The molecule has 0 atom stereocenters. The lowest BCUT2D eigenvalue weighted by molar-refractivity contribution is -0.134. The highest BCUT2D eigenvalue weighted by molar-refractivity contribution is 6.43. The van der Waals surface area contributed by atoms with E-state index in [4.69, 9.17) is 37.9 Å². The molecule has 0 unspecified atom stereocenters. The van der Waals surface area contributed by atoms with E-state index in [1.54, 1.807) is 19.1 Å². The Labute approximate surface area is 187 Å². The highest BCUT2D eigenvalue weighted by Crippen LogP contribution is 2.26. The molecule has 2 rings (SSSR count). The smallest absolute Gasteiger partial charge is 0.369 e. The zero-order valence-electron chi connectivity index (χ0n) is 16.4. The van der Waals surface area contributed by atoms with Crippen LogP contribution < -0.4 is 10.7 Å². The maximum Gasteiger partial charge on any atom is 0.369 e. The van der Waals surface area contributed by atoms with Crippen LogP contribution in [0.25, 0.3) is 0 Å². The Balaban J connectivity index is 2.38. The Morgan fingerprint density at radius 2 is 1.87 bits per heavy atom. The van der Waals surface area contributed by atoms with Crippen LogP contribution in [0.3, 0.4) is 0 Å². The molecule has 0 saturated heterocycles. The number of anilines is 2. The largest absolute Gasteiger partial charge is 0.465 e. The van der Waals surface area contributed by atoms with Gasteiger partial charge in [0.05, 0.1) is 35.7 Å². The van der Waals surface area contributed by atoms with Crippen molar-refractivity contribution in [2.45, 2.75) is 6.92 Å². The zero-order valence-corrected chi connectivity index (χ0v) is 17.9. The Bertz CT molecular complexity index is 1100. The molecule has 9 nitrogen and oxygen atoms in total. The molecular formula is C20H16Cl2N4O5. The number of nitriles is 1. The molecular weight excluding hydrogens is 447 g/mol. The summed E-state index contributed by atoms with van der Waals surface area (Å²) in [4.78, 5) is 36.4. The Morgan fingerprint density at radius 3 is 2.52 bits per heavy atom. The lowest BCUT2D eigenvalue weighted by atomic mass is 10.1. The maximum atomic E-state index is 12.6. The summed E-state index contributed by atoms with van der Waals surface area (Å²) in [6, 6.07) is 10.2. The number of amides is 1. The predicted molar refractivity (Wildman–Crippen MR) is 116 cm³/mol. The van der Waals surface area contributed by atoms with Crippen molar-refractivity contribution in [1.82, 2.24) is 0 Å². The van der Waals surface area contributed by atoms with Crippen molar-refractivity contribution in [3.63, 3.8) is 0 Å². The molecule has 31 heavy (non-hydrogen) atoms. The van der Waals surface area contributed by atoms with Crippen LogP contribution in [0, 0.1) is 11.3 Å². The molecule has 11 heteroatoms. The third-order valence-corrected chi connectivity index (χ3v) is 4.29. The number of nitrogens with one attached hydrogen (secondary N) is 2. The molecule has 0 radical (unpaired) electrons. The van der Waals surface area contributed by atoms with Crippen molar-refractivity contribution in [2.24, 2.45) is 5.10 Å². The second kappa shape index (κ2) is 11.0. The van der Waals surface area contributed by atoms with E-state index >= 15 is 0 Å². The second-order valence-corrected chi connectivity index (χ2v) is 6.58. The first kappa shape index (κ1) is 23.7. The van der Waals surface area contributed by atoms with E-state index in [2.05, 4.69) is 15.8 Å². The fourth-order valence-corrected chi connectivity index (χ4v) is 2.62. The average molecular weight is 463 g/mol. The van der Waals surface area contributed by atoms with Gasteiger partial charge in [0.1, 0.15) is 6.07 Å². The summed E-state index contributed by atoms with van der Waals surface area (Å²) in [5.41, 5.74) is 2.32. The summed E-state index contributed by atoms with van der Waals surface area (Å²) in [6.45, 7) is 1.62. The first-order chi connectivity index (χ1) is 14.8. The van der Waals surface area contributed by atoms with Crippen molar-refractivity contribution in [1.29, 1.82) is 5.26 Å².